The molecule has 0 aromatic carbocycles. The van der Waals surface area contributed by atoms with E-state index in [1.807, 2.05) is 39.0 Å². The molecule has 0 bridgehead atoms. The molecule has 0 saturated carbocycles. The Balaban J connectivity index is 2.09. The number of pyridine rings is 1. The molecule has 0 aliphatic carbocycles. The highest BCUT2D eigenvalue weighted by atomic mass is 16.5. The van der Waals surface area contributed by atoms with Gasteiger partial charge in [0.1, 0.15) is 0 Å². The SMILES string of the molecule is CCOc1cc(C)nc(NCc2ncccc2C)n1. The molecule has 100 valence electrons. The number of ether oxygens (including phenoxy) is 1. The van der Waals surface area contributed by atoms with Crippen LogP contribution in [0.4, 0.5) is 5.95 Å². The fraction of sp³-hybridized carbons (Fsp3) is 0.357. The summed E-state index contributed by atoms with van der Waals surface area (Å²) in [6, 6.07) is 5.78. The fourth-order valence-corrected chi connectivity index (χ4v) is 1.71. The second-order valence-corrected chi connectivity index (χ2v) is 4.22. The zero-order valence-corrected chi connectivity index (χ0v) is 11.5. The second kappa shape index (κ2) is 6.13. The van der Waals surface area contributed by atoms with Gasteiger partial charge >= 0.3 is 0 Å². The van der Waals surface area contributed by atoms with E-state index in [1.165, 1.54) is 0 Å². The molecule has 0 spiro atoms. The van der Waals surface area contributed by atoms with Gasteiger partial charge in [-0.05, 0) is 32.4 Å². The summed E-state index contributed by atoms with van der Waals surface area (Å²) < 4.78 is 5.40. The number of hydrogen-bond acceptors (Lipinski definition) is 5. The van der Waals surface area contributed by atoms with E-state index in [1.54, 1.807) is 6.20 Å². The van der Waals surface area contributed by atoms with E-state index in [0.717, 1.165) is 17.0 Å². The summed E-state index contributed by atoms with van der Waals surface area (Å²) in [5.74, 6) is 1.16. The van der Waals surface area contributed by atoms with Crippen LogP contribution in [-0.2, 0) is 6.54 Å². The van der Waals surface area contributed by atoms with E-state index in [-0.39, 0.29) is 0 Å². The van der Waals surface area contributed by atoms with Crippen LogP contribution < -0.4 is 10.1 Å². The predicted octanol–water partition coefficient (Wildman–Crippen LogP) is 2.50. The molecule has 2 rings (SSSR count). The minimum absolute atomic E-state index is 0.563. The molecule has 5 nitrogen and oxygen atoms in total. The molecule has 0 aliphatic heterocycles. The molecular weight excluding hydrogens is 240 g/mol. The zero-order chi connectivity index (χ0) is 13.7. The van der Waals surface area contributed by atoms with Gasteiger partial charge in [-0.25, -0.2) is 4.98 Å². The van der Waals surface area contributed by atoms with Crippen LogP contribution in [0.15, 0.2) is 24.4 Å². The van der Waals surface area contributed by atoms with Crippen molar-refractivity contribution in [2.45, 2.75) is 27.3 Å². The van der Waals surface area contributed by atoms with Crippen molar-refractivity contribution in [3.05, 3.63) is 41.3 Å². The van der Waals surface area contributed by atoms with Crippen LogP contribution in [0.2, 0.25) is 0 Å². The van der Waals surface area contributed by atoms with Gasteiger partial charge in [-0.2, -0.15) is 4.98 Å². The molecular formula is C14H18N4O. The van der Waals surface area contributed by atoms with Crippen LogP contribution >= 0.6 is 0 Å². The highest BCUT2D eigenvalue weighted by Crippen LogP contribution is 2.13. The number of nitrogens with zero attached hydrogens (tertiary/aromatic N) is 3. The number of hydrogen-bond donors (Lipinski definition) is 1. The third-order valence-corrected chi connectivity index (χ3v) is 2.65. The largest absolute Gasteiger partial charge is 0.478 e. The van der Waals surface area contributed by atoms with Crippen LogP contribution in [0.1, 0.15) is 23.9 Å². The topological polar surface area (TPSA) is 59.9 Å². The standard InChI is InChI=1S/C14H18N4O/c1-4-19-13-8-11(3)17-14(18-13)16-9-12-10(2)6-5-7-15-12/h5-8H,4,9H2,1-3H3,(H,16,17,18). The maximum Gasteiger partial charge on any atom is 0.226 e. The molecule has 0 aliphatic rings. The first kappa shape index (κ1) is 13.3. The average molecular weight is 258 g/mol. The van der Waals surface area contributed by atoms with Crippen LogP contribution in [-0.4, -0.2) is 21.6 Å². The summed E-state index contributed by atoms with van der Waals surface area (Å²) >= 11 is 0. The van der Waals surface area contributed by atoms with Gasteiger partial charge in [0.15, 0.2) is 0 Å². The van der Waals surface area contributed by atoms with Crippen LogP contribution in [0.5, 0.6) is 5.88 Å². The minimum Gasteiger partial charge on any atom is -0.478 e. The monoisotopic (exact) mass is 258 g/mol. The van der Waals surface area contributed by atoms with Crippen LogP contribution in [0.3, 0.4) is 0 Å². The third kappa shape index (κ3) is 3.64. The molecule has 2 aromatic heterocycles. The summed E-state index contributed by atoms with van der Waals surface area (Å²) in [5, 5.41) is 3.18. The van der Waals surface area contributed by atoms with E-state index in [4.69, 9.17) is 4.74 Å². The van der Waals surface area contributed by atoms with Crippen molar-refractivity contribution in [2.75, 3.05) is 11.9 Å². The smallest absolute Gasteiger partial charge is 0.226 e. The van der Waals surface area contributed by atoms with E-state index in [0.29, 0.717) is 25.0 Å². The number of aryl methyl sites for hydroxylation is 2. The fourth-order valence-electron chi connectivity index (χ4n) is 1.71. The lowest BCUT2D eigenvalue weighted by molar-refractivity contribution is 0.326. The van der Waals surface area contributed by atoms with Gasteiger partial charge in [0.25, 0.3) is 0 Å². The van der Waals surface area contributed by atoms with Crippen LogP contribution in [0, 0.1) is 13.8 Å². The molecule has 2 aromatic rings. The van der Waals surface area contributed by atoms with Crippen molar-refractivity contribution in [1.82, 2.24) is 15.0 Å². The van der Waals surface area contributed by atoms with Crippen LogP contribution in [0.25, 0.3) is 0 Å². The molecule has 5 heteroatoms. The van der Waals surface area contributed by atoms with Gasteiger partial charge in [0.05, 0.1) is 18.8 Å². The van der Waals surface area contributed by atoms with Crippen molar-refractivity contribution >= 4 is 5.95 Å². The number of anilines is 1. The van der Waals surface area contributed by atoms with Gasteiger partial charge in [-0.1, -0.05) is 6.07 Å². The van der Waals surface area contributed by atoms with Crippen molar-refractivity contribution in [2.24, 2.45) is 0 Å². The molecule has 19 heavy (non-hydrogen) atoms. The first-order chi connectivity index (χ1) is 9.19. The Morgan fingerprint density at radius 1 is 1.26 bits per heavy atom. The van der Waals surface area contributed by atoms with E-state index in [2.05, 4.69) is 20.3 Å². The quantitative estimate of drug-likeness (QED) is 0.892. The first-order valence-electron chi connectivity index (χ1n) is 6.32. The maximum absolute atomic E-state index is 5.40. The van der Waals surface area contributed by atoms with Crippen molar-refractivity contribution in [3.63, 3.8) is 0 Å². The van der Waals surface area contributed by atoms with Gasteiger partial charge in [-0.15, -0.1) is 0 Å². The predicted molar refractivity (Wildman–Crippen MR) is 74.2 cm³/mol. The zero-order valence-electron chi connectivity index (χ0n) is 11.5. The van der Waals surface area contributed by atoms with Gasteiger partial charge in [0, 0.05) is 18.0 Å². The maximum atomic E-state index is 5.40. The van der Waals surface area contributed by atoms with Crippen molar-refractivity contribution in [1.29, 1.82) is 0 Å². The highest BCUT2D eigenvalue weighted by molar-refractivity contribution is 5.32. The Morgan fingerprint density at radius 3 is 2.84 bits per heavy atom. The van der Waals surface area contributed by atoms with Crippen molar-refractivity contribution < 1.29 is 4.74 Å². The summed E-state index contributed by atoms with van der Waals surface area (Å²) in [6.45, 7) is 7.08. The minimum atomic E-state index is 0.563. The molecule has 0 fully saturated rings. The summed E-state index contributed by atoms with van der Waals surface area (Å²) in [5.41, 5.74) is 3.01. The summed E-state index contributed by atoms with van der Waals surface area (Å²) in [6.07, 6.45) is 1.78. The third-order valence-electron chi connectivity index (χ3n) is 2.65. The highest BCUT2D eigenvalue weighted by Gasteiger charge is 2.04. The number of nitrogens with one attached hydrogen (secondary N) is 1. The van der Waals surface area contributed by atoms with E-state index in [9.17, 15) is 0 Å². The van der Waals surface area contributed by atoms with E-state index >= 15 is 0 Å². The molecule has 0 unspecified atom stereocenters. The molecule has 0 radical (unpaired) electrons. The molecule has 0 atom stereocenters. The first-order valence-corrected chi connectivity index (χ1v) is 6.32. The average Bonchev–Trinajstić information content (AvgIpc) is 2.37. The van der Waals surface area contributed by atoms with E-state index < -0.39 is 0 Å². The van der Waals surface area contributed by atoms with Gasteiger partial charge < -0.3 is 10.1 Å². The Hall–Kier alpha value is -2.17. The van der Waals surface area contributed by atoms with Gasteiger partial charge in [-0.3, -0.25) is 4.98 Å². The molecule has 1 N–H and O–H groups in total. The Kier molecular flexibility index (Phi) is 4.28. The Labute approximate surface area is 113 Å². The lowest BCUT2D eigenvalue weighted by atomic mass is 10.2. The summed E-state index contributed by atoms with van der Waals surface area (Å²) in [7, 11) is 0. The molecule has 2 heterocycles. The molecule has 0 saturated heterocycles. The summed E-state index contributed by atoms with van der Waals surface area (Å²) in [4.78, 5) is 13.0. The Morgan fingerprint density at radius 2 is 2.11 bits per heavy atom. The normalized spacial score (nSPS) is 10.3. The second-order valence-electron chi connectivity index (χ2n) is 4.22. The van der Waals surface area contributed by atoms with Crippen molar-refractivity contribution in [3.8, 4) is 5.88 Å². The Bertz CT molecular complexity index is 557. The lowest BCUT2D eigenvalue weighted by Crippen LogP contribution is -2.08. The van der Waals surface area contributed by atoms with Gasteiger partial charge in [0.2, 0.25) is 11.8 Å². The number of aromatic nitrogens is 3. The lowest BCUT2D eigenvalue weighted by Gasteiger charge is -2.09. The molecule has 0 amide bonds. The number of rotatable bonds is 5.